The average Bonchev–Trinajstić information content (AvgIpc) is 3.63. The molecule has 36 heavy (non-hydrogen) atoms. The summed E-state index contributed by atoms with van der Waals surface area (Å²) in [6, 6.07) is 16.9. The normalized spacial score (nSPS) is 14.2. The number of hydrogen-bond acceptors (Lipinski definition) is 3. The summed E-state index contributed by atoms with van der Waals surface area (Å²) >= 11 is 6.51. The van der Waals surface area contributed by atoms with Crippen LogP contribution in [0.3, 0.4) is 0 Å². The fourth-order valence-corrected chi connectivity index (χ4v) is 4.69. The van der Waals surface area contributed by atoms with Crippen LogP contribution in [0.2, 0.25) is 5.02 Å². The third-order valence-electron chi connectivity index (χ3n) is 6.16. The molecular formula is C28H18ClF2N3O2. The molecule has 0 spiro atoms. The number of nitrogens with one attached hydrogen (secondary N) is 1. The first kappa shape index (κ1) is 23.5. The number of carbonyl (C=O) groups is 1. The molecule has 3 aromatic carbocycles. The Kier molecular flexibility index (Phi) is 6.13. The summed E-state index contributed by atoms with van der Waals surface area (Å²) in [5, 5.41) is 25.6. The first-order chi connectivity index (χ1) is 17.4. The zero-order chi connectivity index (χ0) is 25.4. The molecule has 0 radical (unpaired) electrons. The van der Waals surface area contributed by atoms with E-state index >= 15 is 0 Å². The van der Waals surface area contributed by atoms with Gasteiger partial charge in [0.25, 0.3) is 0 Å². The van der Waals surface area contributed by atoms with Crippen LogP contribution in [-0.2, 0) is 4.79 Å². The molecule has 0 amide bonds. The maximum absolute atomic E-state index is 14.6. The van der Waals surface area contributed by atoms with Gasteiger partial charge in [0.1, 0.15) is 11.9 Å². The second-order valence-corrected chi connectivity index (χ2v) is 8.92. The van der Waals surface area contributed by atoms with Crippen LogP contribution >= 0.6 is 11.6 Å². The molecule has 2 N–H and O–H groups in total. The number of rotatable bonds is 6. The van der Waals surface area contributed by atoms with E-state index in [4.69, 9.17) is 16.7 Å². The molecule has 1 aromatic heterocycles. The van der Waals surface area contributed by atoms with Crippen LogP contribution in [0.5, 0.6) is 0 Å². The zero-order valence-electron chi connectivity index (χ0n) is 18.7. The number of allylic oxidation sites excluding steroid dienone is 1. The number of nitrogens with zero attached hydrogens (tertiary/aromatic N) is 2. The van der Waals surface area contributed by atoms with E-state index in [0.29, 0.717) is 27.8 Å². The minimum Gasteiger partial charge on any atom is -0.478 e. The molecule has 0 unspecified atom stereocenters. The highest BCUT2D eigenvalue weighted by Gasteiger charge is 2.33. The van der Waals surface area contributed by atoms with E-state index in [-0.39, 0.29) is 21.9 Å². The van der Waals surface area contributed by atoms with E-state index in [2.05, 4.69) is 16.3 Å². The third-order valence-corrected chi connectivity index (χ3v) is 6.47. The van der Waals surface area contributed by atoms with Crippen molar-refractivity contribution >= 4 is 45.7 Å². The van der Waals surface area contributed by atoms with Gasteiger partial charge in [-0.3, -0.25) is 5.10 Å². The Hall–Kier alpha value is -4.28. The van der Waals surface area contributed by atoms with Crippen molar-refractivity contribution in [1.82, 2.24) is 10.2 Å². The van der Waals surface area contributed by atoms with Gasteiger partial charge in [-0.2, -0.15) is 9.65 Å². The molecule has 0 bridgehead atoms. The lowest BCUT2D eigenvalue weighted by molar-refractivity contribution is -0.131. The van der Waals surface area contributed by atoms with Crippen LogP contribution in [0.1, 0.15) is 40.7 Å². The van der Waals surface area contributed by atoms with Gasteiger partial charge in [-0.15, -0.1) is 5.10 Å². The van der Waals surface area contributed by atoms with E-state index in [1.807, 2.05) is 12.1 Å². The van der Waals surface area contributed by atoms with Gasteiger partial charge >= 0.3 is 5.97 Å². The SMILES string of the molecule is N#Cc1c(C(=C(c2ccc(F)cc2Cl)C2CC2)c2ccc(C=CC(=O)O)cc2)ccc2[nH]nc(F)c12. The van der Waals surface area contributed by atoms with E-state index in [1.54, 1.807) is 30.3 Å². The molecule has 178 valence electrons. The first-order valence-corrected chi connectivity index (χ1v) is 11.5. The second kappa shape index (κ2) is 9.40. The van der Waals surface area contributed by atoms with Crippen LogP contribution in [0.4, 0.5) is 8.78 Å². The van der Waals surface area contributed by atoms with Gasteiger partial charge in [0.2, 0.25) is 5.95 Å². The van der Waals surface area contributed by atoms with Gasteiger partial charge in [-0.25, -0.2) is 9.18 Å². The van der Waals surface area contributed by atoms with Crippen molar-refractivity contribution in [2.24, 2.45) is 5.92 Å². The van der Waals surface area contributed by atoms with Crippen molar-refractivity contribution in [2.45, 2.75) is 12.8 Å². The number of halogens is 3. The summed E-state index contributed by atoms with van der Waals surface area (Å²) in [5.74, 6) is -2.18. The smallest absolute Gasteiger partial charge is 0.328 e. The van der Waals surface area contributed by atoms with E-state index in [9.17, 15) is 18.8 Å². The monoisotopic (exact) mass is 501 g/mol. The predicted molar refractivity (Wildman–Crippen MR) is 134 cm³/mol. The Morgan fingerprint density at radius 3 is 2.47 bits per heavy atom. The number of nitriles is 1. The predicted octanol–water partition coefficient (Wildman–Crippen LogP) is 6.83. The Morgan fingerprint density at radius 2 is 1.83 bits per heavy atom. The lowest BCUT2D eigenvalue weighted by Gasteiger charge is -2.19. The molecule has 4 aromatic rings. The molecule has 5 nitrogen and oxygen atoms in total. The summed E-state index contributed by atoms with van der Waals surface area (Å²) in [6.07, 6.45) is 4.29. The Balaban J connectivity index is 1.82. The number of carboxylic acids is 1. The van der Waals surface area contributed by atoms with Crippen LogP contribution < -0.4 is 0 Å². The van der Waals surface area contributed by atoms with E-state index < -0.39 is 17.7 Å². The maximum Gasteiger partial charge on any atom is 0.328 e. The summed E-state index contributed by atoms with van der Waals surface area (Å²) in [7, 11) is 0. The minimum atomic E-state index is -1.06. The Bertz CT molecular complexity index is 1610. The van der Waals surface area contributed by atoms with Crippen LogP contribution in [0, 0.1) is 29.0 Å². The summed E-state index contributed by atoms with van der Waals surface area (Å²) < 4.78 is 28.5. The number of aromatic nitrogens is 2. The number of carboxylic acid groups (broad SMARTS) is 1. The highest BCUT2D eigenvalue weighted by molar-refractivity contribution is 6.33. The van der Waals surface area contributed by atoms with Gasteiger partial charge in [0.05, 0.1) is 21.5 Å². The molecule has 1 aliphatic carbocycles. The Labute approximate surface area is 210 Å². The largest absolute Gasteiger partial charge is 0.478 e. The van der Waals surface area contributed by atoms with Crippen molar-refractivity contribution in [2.75, 3.05) is 0 Å². The van der Waals surface area contributed by atoms with E-state index in [0.717, 1.165) is 30.1 Å². The van der Waals surface area contributed by atoms with Crippen molar-refractivity contribution < 1.29 is 18.7 Å². The number of aromatic amines is 1. The summed E-state index contributed by atoms with van der Waals surface area (Å²) in [6.45, 7) is 0. The molecule has 5 rings (SSSR count). The van der Waals surface area contributed by atoms with Gasteiger partial charge in [0, 0.05) is 11.6 Å². The van der Waals surface area contributed by atoms with Crippen LogP contribution in [0.15, 0.2) is 60.7 Å². The minimum absolute atomic E-state index is 0.0915. The average molecular weight is 502 g/mol. The lowest BCUT2D eigenvalue weighted by Crippen LogP contribution is -2.01. The molecule has 0 atom stereocenters. The fourth-order valence-electron chi connectivity index (χ4n) is 4.42. The third kappa shape index (κ3) is 4.39. The fraction of sp³-hybridized carbons (Fsp3) is 0.107. The van der Waals surface area contributed by atoms with Gasteiger partial charge < -0.3 is 5.11 Å². The number of aliphatic carboxylic acids is 1. The van der Waals surface area contributed by atoms with Crippen molar-refractivity contribution in [3.8, 4) is 6.07 Å². The molecule has 1 fully saturated rings. The second-order valence-electron chi connectivity index (χ2n) is 8.52. The topological polar surface area (TPSA) is 89.8 Å². The molecular weight excluding hydrogens is 484 g/mol. The molecule has 1 heterocycles. The maximum atomic E-state index is 14.6. The number of hydrogen-bond donors (Lipinski definition) is 2. The number of benzene rings is 3. The molecule has 0 aliphatic heterocycles. The Morgan fingerprint density at radius 1 is 1.11 bits per heavy atom. The molecule has 0 saturated heterocycles. The number of fused-ring (bicyclic) bond motifs is 1. The molecule has 1 aliphatic rings. The highest BCUT2D eigenvalue weighted by Crippen LogP contribution is 2.50. The van der Waals surface area contributed by atoms with Gasteiger partial charge in [0.15, 0.2) is 0 Å². The number of H-pyrrole nitrogens is 1. The van der Waals surface area contributed by atoms with Crippen molar-refractivity contribution in [3.05, 3.63) is 105 Å². The highest BCUT2D eigenvalue weighted by atomic mass is 35.5. The summed E-state index contributed by atoms with van der Waals surface area (Å²) in [4.78, 5) is 10.9. The van der Waals surface area contributed by atoms with E-state index in [1.165, 1.54) is 18.2 Å². The quantitative estimate of drug-likeness (QED) is 0.224. The van der Waals surface area contributed by atoms with Crippen molar-refractivity contribution in [1.29, 1.82) is 5.26 Å². The van der Waals surface area contributed by atoms with Crippen LogP contribution in [0.25, 0.3) is 28.1 Å². The molecule has 8 heteroatoms. The zero-order valence-corrected chi connectivity index (χ0v) is 19.5. The van der Waals surface area contributed by atoms with Gasteiger partial charge in [-0.1, -0.05) is 48.0 Å². The van der Waals surface area contributed by atoms with Gasteiger partial charge in [-0.05, 0) is 70.9 Å². The van der Waals surface area contributed by atoms with Crippen LogP contribution in [-0.4, -0.2) is 21.3 Å². The summed E-state index contributed by atoms with van der Waals surface area (Å²) in [5.41, 5.74) is 4.58. The molecule has 1 saturated carbocycles. The first-order valence-electron chi connectivity index (χ1n) is 11.2. The standard InChI is InChI=1S/C28H18ClF2N3O2/c29-22-13-18(30)8-9-20(22)26(17-6-7-17)25(16-4-1-15(2-5-16)3-12-24(35)36)19-10-11-23-27(21(19)14-32)28(31)34-33-23/h1-5,8-13,17H,6-7H2,(H,33,34)(H,35,36). The lowest BCUT2D eigenvalue weighted by atomic mass is 9.84. The van der Waals surface area contributed by atoms with Crippen molar-refractivity contribution in [3.63, 3.8) is 0 Å².